The van der Waals surface area contributed by atoms with Gasteiger partial charge in [0.05, 0.1) is 6.08 Å². The summed E-state index contributed by atoms with van der Waals surface area (Å²) in [5.41, 5.74) is 1.39. The Morgan fingerprint density at radius 3 is 2.79 bits per heavy atom. The number of amides is 1. The van der Waals surface area contributed by atoms with Crippen LogP contribution in [0.3, 0.4) is 0 Å². The Bertz CT molecular complexity index is 463. The maximum absolute atomic E-state index is 11.4. The summed E-state index contributed by atoms with van der Waals surface area (Å²) < 4.78 is 1.33. The summed E-state index contributed by atoms with van der Waals surface area (Å²) in [5, 5.41) is 4.66. The zero-order chi connectivity index (χ0) is 10.1. The highest BCUT2D eigenvalue weighted by Crippen LogP contribution is 2.22. The quantitative estimate of drug-likeness (QED) is 0.652. The molecule has 0 aliphatic carbocycles. The van der Waals surface area contributed by atoms with Crippen molar-refractivity contribution in [3.05, 3.63) is 41.1 Å². The van der Waals surface area contributed by atoms with E-state index in [4.69, 9.17) is 11.6 Å². The Morgan fingerprint density at radius 2 is 2.21 bits per heavy atom. The van der Waals surface area contributed by atoms with E-state index in [9.17, 15) is 4.79 Å². The predicted octanol–water partition coefficient (Wildman–Crippen LogP) is 2.88. The van der Waals surface area contributed by atoms with E-state index in [1.54, 1.807) is 31.2 Å². The van der Waals surface area contributed by atoms with E-state index in [2.05, 4.69) is 5.11 Å². The predicted molar refractivity (Wildman–Crippen MR) is 52.6 cm³/mol. The highest BCUT2D eigenvalue weighted by Gasteiger charge is 2.26. The van der Waals surface area contributed by atoms with E-state index in [-0.39, 0.29) is 5.91 Å². The Kier molecular flexibility index (Phi) is 2.17. The van der Waals surface area contributed by atoms with Crippen LogP contribution in [0, 0.1) is 0 Å². The van der Waals surface area contributed by atoms with Gasteiger partial charge in [0, 0.05) is 22.3 Å². The van der Waals surface area contributed by atoms with E-state index in [1.165, 1.54) is 10.8 Å². The Hall–Kier alpha value is -1.48. The van der Waals surface area contributed by atoms with Gasteiger partial charge < -0.3 is 0 Å². The van der Waals surface area contributed by atoms with Gasteiger partial charge in [0.25, 0.3) is 0 Å². The van der Waals surface area contributed by atoms with E-state index >= 15 is 0 Å². The summed E-state index contributed by atoms with van der Waals surface area (Å²) in [5.74, 6) is -0.134. The molecule has 0 aromatic heterocycles. The molecule has 0 saturated heterocycles. The van der Waals surface area contributed by atoms with Gasteiger partial charge >= 0.3 is 5.91 Å². The molecule has 1 aromatic rings. The normalized spacial score (nSPS) is 15.4. The molecule has 1 amide bonds. The topological polar surface area (TPSA) is 32.4 Å². The highest BCUT2D eigenvalue weighted by atomic mass is 35.5. The van der Waals surface area contributed by atoms with Crippen molar-refractivity contribution in [2.24, 2.45) is 5.11 Å². The first-order valence-corrected chi connectivity index (χ1v) is 4.54. The van der Waals surface area contributed by atoms with Crippen molar-refractivity contribution >= 4 is 23.2 Å². The second-order valence-corrected chi connectivity index (χ2v) is 3.45. The molecule has 2 rings (SSSR count). The minimum Gasteiger partial charge on any atom is -0.212 e. The number of benzene rings is 1. The number of allylic oxidation sites excluding steroid dienone is 1. The van der Waals surface area contributed by atoms with Crippen molar-refractivity contribution in [2.75, 3.05) is 0 Å². The second kappa shape index (κ2) is 3.35. The number of hydrogen-bond donors (Lipinski definition) is 0. The molecule has 4 heteroatoms. The fourth-order valence-corrected chi connectivity index (χ4v) is 1.45. The third-order valence-corrected chi connectivity index (χ3v) is 2.09. The zero-order valence-corrected chi connectivity index (χ0v) is 8.32. The van der Waals surface area contributed by atoms with Gasteiger partial charge in [-0.2, -0.15) is 0 Å². The van der Waals surface area contributed by atoms with Crippen molar-refractivity contribution in [1.82, 2.24) is 0 Å². The largest absolute Gasteiger partial charge is 0.444 e. The van der Waals surface area contributed by atoms with Gasteiger partial charge in [-0.15, -0.1) is 0 Å². The van der Waals surface area contributed by atoms with Gasteiger partial charge in [0.15, 0.2) is 0 Å². The van der Waals surface area contributed by atoms with E-state index in [0.717, 1.165) is 0 Å². The maximum Gasteiger partial charge on any atom is 0.444 e. The van der Waals surface area contributed by atoms with E-state index in [0.29, 0.717) is 16.4 Å². The van der Waals surface area contributed by atoms with Gasteiger partial charge in [0.1, 0.15) is 5.70 Å². The lowest BCUT2D eigenvalue weighted by Crippen LogP contribution is -2.06. The molecule has 3 nitrogen and oxygen atoms in total. The van der Waals surface area contributed by atoms with Crippen LogP contribution in [-0.2, 0) is 4.79 Å². The molecule has 0 radical (unpaired) electrons. The molecule has 0 saturated carbocycles. The van der Waals surface area contributed by atoms with Crippen molar-refractivity contribution in [3.8, 4) is 0 Å². The number of azo groups is 2. The summed E-state index contributed by atoms with van der Waals surface area (Å²) in [6, 6.07) is 7.04. The molecule has 1 aliphatic heterocycles. The molecule has 1 heterocycles. The standard InChI is InChI=1S/C10H8ClN2O/c1-7-5-10(14)13(12-7)9-4-2-3-8(11)6-9/h2-6H,1H3/q+1. The number of carbonyl (C=O) groups is 1. The van der Waals surface area contributed by atoms with Crippen LogP contribution < -0.4 is 0 Å². The van der Waals surface area contributed by atoms with Gasteiger partial charge in [0.2, 0.25) is 5.69 Å². The molecule has 0 unspecified atom stereocenters. The van der Waals surface area contributed by atoms with Crippen LogP contribution in [0.4, 0.5) is 5.69 Å². The molecule has 0 fully saturated rings. The summed E-state index contributed by atoms with van der Waals surface area (Å²) in [4.78, 5) is 11.4. The van der Waals surface area contributed by atoms with Crippen LogP contribution in [0.1, 0.15) is 6.92 Å². The van der Waals surface area contributed by atoms with E-state index in [1.807, 2.05) is 0 Å². The van der Waals surface area contributed by atoms with Crippen molar-refractivity contribution in [3.63, 3.8) is 0 Å². The zero-order valence-electron chi connectivity index (χ0n) is 7.57. The van der Waals surface area contributed by atoms with Crippen LogP contribution in [0.15, 0.2) is 41.2 Å². The second-order valence-electron chi connectivity index (χ2n) is 3.02. The number of halogens is 1. The number of nitrogens with zero attached hydrogens (tertiary/aromatic N) is 2. The number of hydrogen-bond acceptors (Lipinski definition) is 2. The van der Waals surface area contributed by atoms with Gasteiger partial charge in [-0.1, -0.05) is 17.7 Å². The molecular formula is C10H8ClN2O+. The lowest BCUT2D eigenvalue weighted by molar-refractivity contribution is -0.421. The first kappa shape index (κ1) is 9.09. The molecule has 0 N–H and O–H groups in total. The average Bonchev–Trinajstić information content (AvgIpc) is 2.45. The summed E-state index contributed by atoms with van der Waals surface area (Å²) in [6.07, 6.45) is 1.49. The van der Waals surface area contributed by atoms with Crippen LogP contribution in [0.5, 0.6) is 0 Å². The number of rotatable bonds is 1. The minimum atomic E-state index is -0.134. The van der Waals surface area contributed by atoms with Crippen molar-refractivity contribution in [1.29, 1.82) is 0 Å². The summed E-state index contributed by atoms with van der Waals surface area (Å²) in [6.45, 7) is 1.78. The fourth-order valence-electron chi connectivity index (χ4n) is 1.27. The van der Waals surface area contributed by atoms with Gasteiger partial charge in [-0.3, -0.25) is 0 Å². The molecule has 70 valence electrons. The minimum absolute atomic E-state index is 0.134. The summed E-state index contributed by atoms with van der Waals surface area (Å²) in [7, 11) is 0. The SMILES string of the molecule is CC1=CC(=O)[N+](c2cccc(Cl)c2)=N1. The molecular weight excluding hydrogens is 200 g/mol. The van der Waals surface area contributed by atoms with E-state index < -0.39 is 0 Å². The first-order chi connectivity index (χ1) is 6.66. The molecule has 0 bridgehead atoms. The van der Waals surface area contributed by atoms with Crippen molar-refractivity contribution in [2.45, 2.75) is 6.92 Å². The van der Waals surface area contributed by atoms with Crippen LogP contribution in [-0.4, -0.2) is 10.6 Å². The van der Waals surface area contributed by atoms with Crippen LogP contribution in [0.2, 0.25) is 5.02 Å². The molecule has 1 aliphatic rings. The van der Waals surface area contributed by atoms with Gasteiger partial charge in [-0.05, 0) is 17.7 Å². The van der Waals surface area contributed by atoms with Crippen LogP contribution >= 0.6 is 11.6 Å². The molecule has 14 heavy (non-hydrogen) atoms. The first-order valence-electron chi connectivity index (χ1n) is 4.16. The highest BCUT2D eigenvalue weighted by molar-refractivity contribution is 6.30. The third-order valence-electron chi connectivity index (χ3n) is 1.85. The summed E-state index contributed by atoms with van der Waals surface area (Å²) >= 11 is 5.81. The van der Waals surface area contributed by atoms with Gasteiger partial charge in [-0.25, -0.2) is 4.79 Å². The maximum atomic E-state index is 11.4. The fraction of sp³-hybridized carbons (Fsp3) is 0.100. The molecule has 1 aromatic carbocycles. The molecule has 0 spiro atoms. The Morgan fingerprint density at radius 1 is 1.43 bits per heavy atom. The lowest BCUT2D eigenvalue weighted by Gasteiger charge is -1.91. The lowest BCUT2D eigenvalue weighted by atomic mass is 10.3. The molecule has 0 atom stereocenters. The van der Waals surface area contributed by atoms with Crippen LogP contribution in [0.25, 0.3) is 0 Å². The third kappa shape index (κ3) is 1.59. The smallest absolute Gasteiger partial charge is 0.212 e. The monoisotopic (exact) mass is 207 g/mol. The Balaban J connectivity index is 2.43. The average molecular weight is 208 g/mol. The Labute approximate surface area is 86.3 Å². The van der Waals surface area contributed by atoms with Crippen molar-refractivity contribution < 1.29 is 9.49 Å². The number of carbonyl (C=O) groups excluding carboxylic acids is 1.